The van der Waals surface area contributed by atoms with Crippen molar-refractivity contribution in [2.24, 2.45) is 0 Å². The van der Waals surface area contributed by atoms with Gasteiger partial charge in [0.2, 0.25) is 0 Å². The third-order valence-electron chi connectivity index (χ3n) is 3.03. The normalized spacial score (nSPS) is 10.3. The first-order valence-corrected chi connectivity index (χ1v) is 6.82. The highest BCUT2D eigenvalue weighted by Gasteiger charge is 2.07. The molecule has 2 nitrogen and oxygen atoms in total. The van der Waals surface area contributed by atoms with Crippen LogP contribution in [0.15, 0.2) is 40.9 Å². The van der Waals surface area contributed by atoms with Crippen LogP contribution in [0.5, 0.6) is 11.5 Å². The number of ketones is 1. The summed E-state index contributed by atoms with van der Waals surface area (Å²) in [5.74, 6) is 1.54. The Hall–Kier alpha value is -1.61. The molecule has 0 fully saturated rings. The van der Waals surface area contributed by atoms with E-state index in [-0.39, 0.29) is 5.78 Å². The molecule has 2 aromatic rings. The van der Waals surface area contributed by atoms with E-state index >= 15 is 0 Å². The number of ether oxygens (including phenoxy) is 1. The maximum Gasteiger partial charge on any atom is 0.160 e. The summed E-state index contributed by atoms with van der Waals surface area (Å²) in [6.45, 7) is 5.66. The molecule has 2 rings (SSSR count). The summed E-state index contributed by atoms with van der Waals surface area (Å²) in [6.07, 6.45) is 0. The number of hydrogen-bond acceptors (Lipinski definition) is 2. The molecule has 3 heteroatoms. The molecular formula is C16H15BrO2. The van der Waals surface area contributed by atoms with Gasteiger partial charge in [-0.2, -0.15) is 0 Å². The van der Waals surface area contributed by atoms with Crippen LogP contribution in [0.3, 0.4) is 0 Å². The van der Waals surface area contributed by atoms with Crippen molar-refractivity contribution >= 4 is 21.7 Å². The fourth-order valence-electron chi connectivity index (χ4n) is 1.76. The van der Waals surface area contributed by atoms with Gasteiger partial charge in [-0.15, -0.1) is 0 Å². The van der Waals surface area contributed by atoms with Crippen molar-refractivity contribution in [1.29, 1.82) is 0 Å². The van der Waals surface area contributed by atoms with Gasteiger partial charge in [-0.1, -0.05) is 6.07 Å². The molecule has 0 atom stereocenters. The van der Waals surface area contributed by atoms with Gasteiger partial charge < -0.3 is 4.74 Å². The van der Waals surface area contributed by atoms with Crippen LogP contribution in [0, 0.1) is 13.8 Å². The SMILES string of the molecule is CC(=O)c1ccc(Oc2ccc(C)c(C)c2)cc1Br. The summed E-state index contributed by atoms with van der Waals surface area (Å²) in [5.41, 5.74) is 3.09. The molecule has 2 aromatic carbocycles. The Morgan fingerprint density at radius 3 is 2.21 bits per heavy atom. The van der Waals surface area contributed by atoms with Crippen LogP contribution in [-0.4, -0.2) is 5.78 Å². The molecule has 0 aliphatic carbocycles. The van der Waals surface area contributed by atoms with Crippen molar-refractivity contribution < 1.29 is 9.53 Å². The molecule has 0 saturated heterocycles. The van der Waals surface area contributed by atoms with E-state index in [0.29, 0.717) is 11.3 Å². The van der Waals surface area contributed by atoms with E-state index in [1.807, 2.05) is 24.3 Å². The summed E-state index contributed by atoms with van der Waals surface area (Å²) >= 11 is 3.39. The molecule has 0 amide bonds. The summed E-state index contributed by atoms with van der Waals surface area (Å²) in [6, 6.07) is 11.4. The fraction of sp³-hybridized carbons (Fsp3) is 0.188. The van der Waals surface area contributed by atoms with Gasteiger partial charge in [0.25, 0.3) is 0 Å². The number of rotatable bonds is 3. The van der Waals surface area contributed by atoms with Crippen LogP contribution < -0.4 is 4.74 Å². The molecule has 0 saturated carbocycles. The lowest BCUT2D eigenvalue weighted by atomic mass is 10.1. The summed E-state index contributed by atoms with van der Waals surface area (Å²) in [7, 11) is 0. The topological polar surface area (TPSA) is 26.3 Å². The minimum atomic E-state index is 0.0320. The zero-order chi connectivity index (χ0) is 14.0. The van der Waals surface area contributed by atoms with Crippen molar-refractivity contribution in [3.63, 3.8) is 0 Å². The van der Waals surface area contributed by atoms with Crippen LogP contribution >= 0.6 is 15.9 Å². The average Bonchev–Trinajstić information content (AvgIpc) is 2.33. The van der Waals surface area contributed by atoms with Gasteiger partial charge in [-0.25, -0.2) is 0 Å². The van der Waals surface area contributed by atoms with E-state index in [1.54, 1.807) is 19.1 Å². The van der Waals surface area contributed by atoms with Crippen LogP contribution in [-0.2, 0) is 0 Å². The Kier molecular flexibility index (Phi) is 4.05. The van der Waals surface area contributed by atoms with Gasteiger partial charge in [0, 0.05) is 10.0 Å². The van der Waals surface area contributed by atoms with Gasteiger partial charge in [0.05, 0.1) is 0 Å². The van der Waals surface area contributed by atoms with E-state index in [9.17, 15) is 4.79 Å². The smallest absolute Gasteiger partial charge is 0.160 e. The van der Waals surface area contributed by atoms with Gasteiger partial charge in [-0.05, 0) is 78.2 Å². The number of aryl methyl sites for hydroxylation is 2. The van der Waals surface area contributed by atoms with Crippen molar-refractivity contribution in [2.75, 3.05) is 0 Å². The Labute approximate surface area is 121 Å². The molecule has 0 unspecified atom stereocenters. The van der Waals surface area contributed by atoms with E-state index in [1.165, 1.54) is 11.1 Å². The highest BCUT2D eigenvalue weighted by atomic mass is 79.9. The van der Waals surface area contributed by atoms with Crippen LogP contribution in [0.2, 0.25) is 0 Å². The summed E-state index contributed by atoms with van der Waals surface area (Å²) in [4.78, 5) is 11.3. The molecule has 0 aliphatic heterocycles. The average molecular weight is 319 g/mol. The Morgan fingerprint density at radius 1 is 1.00 bits per heavy atom. The lowest BCUT2D eigenvalue weighted by molar-refractivity contribution is 0.101. The number of hydrogen-bond donors (Lipinski definition) is 0. The molecule has 0 spiro atoms. The molecule has 0 N–H and O–H groups in total. The van der Waals surface area contributed by atoms with Gasteiger partial charge >= 0.3 is 0 Å². The highest BCUT2D eigenvalue weighted by molar-refractivity contribution is 9.10. The lowest BCUT2D eigenvalue weighted by Gasteiger charge is -2.09. The lowest BCUT2D eigenvalue weighted by Crippen LogP contribution is -1.94. The zero-order valence-corrected chi connectivity index (χ0v) is 12.7. The van der Waals surface area contributed by atoms with Gasteiger partial charge in [0.1, 0.15) is 11.5 Å². The van der Waals surface area contributed by atoms with Crippen LogP contribution in [0.1, 0.15) is 28.4 Å². The number of benzene rings is 2. The number of Topliss-reactive ketones (excluding diaryl/α,β-unsaturated/α-hetero) is 1. The quantitative estimate of drug-likeness (QED) is 0.739. The summed E-state index contributed by atoms with van der Waals surface area (Å²) < 4.78 is 6.54. The van der Waals surface area contributed by atoms with E-state index < -0.39 is 0 Å². The van der Waals surface area contributed by atoms with Crippen molar-refractivity contribution in [2.45, 2.75) is 20.8 Å². The zero-order valence-electron chi connectivity index (χ0n) is 11.2. The second-order valence-electron chi connectivity index (χ2n) is 4.55. The molecule has 0 aliphatic rings. The maximum atomic E-state index is 11.3. The number of carbonyl (C=O) groups excluding carboxylic acids is 1. The van der Waals surface area contributed by atoms with Crippen molar-refractivity contribution in [3.8, 4) is 11.5 Å². The molecule has 0 bridgehead atoms. The summed E-state index contributed by atoms with van der Waals surface area (Å²) in [5, 5.41) is 0. The molecule has 98 valence electrons. The number of halogens is 1. The third kappa shape index (κ3) is 3.24. The standard InChI is InChI=1S/C16H15BrO2/c1-10-4-5-13(8-11(10)2)19-14-6-7-15(12(3)18)16(17)9-14/h4-9H,1-3H3. The first-order chi connectivity index (χ1) is 8.97. The second-order valence-corrected chi connectivity index (χ2v) is 5.40. The van der Waals surface area contributed by atoms with Crippen molar-refractivity contribution in [3.05, 3.63) is 57.6 Å². The van der Waals surface area contributed by atoms with Crippen LogP contribution in [0.4, 0.5) is 0 Å². The Morgan fingerprint density at radius 2 is 1.63 bits per heavy atom. The maximum absolute atomic E-state index is 11.3. The highest BCUT2D eigenvalue weighted by Crippen LogP contribution is 2.28. The van der Waals surface area contributed by atoms with Gasteiger partial charge in [-0.3, -0.25) is 4.79 Å². The Bertz CT molecular complexity index is 633. The van der Waals surface area contributed by atoms with Crippen molar-refractivity contribution in [1.82, 2.24) is 0 Å². The van der Waals surface area contributed by atoms with E-state index in [0.717, 1.165) is 10.2 Å². The molecule has 0 aromatic heterocycles. The first-order valence-electron chi connectivity index (χ1n) is 6.03. The number of carbonyl (C=O) groups is 1. The molecular weight excluding hydrogens is 304 g/mol. The predicted octanol–water partition coefficient (Wildman–Crippen LogP) is 5.06. The molecule has 0 heterocycles. The molecule has 0 radical (unpaired) electrons. The van der Waals surface area contributed by atoms with E-state index in [4.69, 9.17) is 4.74 Å². The Balaban J connectivity index is 2.26. The first kappa shape index (κ1) is 13.8. The van der Waals surface area contributed by atoms with Crippen LogP contribution in [0.25, 0.3) is 0 Å². The minimum absolute atomic E-state index is 0.0320. The monoisotopic (exact) mass is 318 g/mol. The van der Waals surface area contributed by atoms with E-state index in [2.05, 4.69) is 29.8 Å². The predicted molar refractivity (Wildman–Crippen MR) is 80.1 cm³/mol. The third-order valence-corrected chi connectivity index (χ3v) is 3.69. The van der Waals surface area contributed by atoms with Gasteiger partial charge in [0.15, 0.2) is 5.78 Å². The minimum Gasteiger partial charge on any atom is -0.457 e. The fourth-order valence-corrected chi connectivity index (χ4v) is 2.40. The largest absolute Gasteiger partial charge is 0.457 e. The molecule has 19 heavy (non-hydrogen) atoms. The second kappa shape index (κ2) is 5.57.